The summed E-state index contributed by atoms with van der Waals surface area (Å²) in [5.41, 5.74) is 3.84. The van der Waals surface area contributed by atoms with E-state index < -0.39 is 0 Å². The summed E-state index contributed by atoms with van der Waals surface area (Å²) in [6, 6.07) is 11.8. The van der Waals surface area contributed by atoms with Gasteiger partial charge in [-0.15, -0.1) is 10.2 Å². The Morgan fingerprint density at radius 3 is 2.59 bits per heavy atom. The lowest BCUT2D eigenvalue weighted by molar-refractivity contribution is 0.831. The van der Waals surface area contributed by atoms with E-state index >= 15 is 0 Å². The molecule has 0 aliphatic rings. The molecule has 0 saturated heterocycles. The van der Waals surface area contributed by atoms with E-state index in [0.29, 0.717) is 0 Å². The van der Waals surface area contributed by atoms with Crippen LogP contribution >= 0.6 is 15.9 Å². The maximum absolute atomic E-state index is 4.74. The minimum atomic E-state index is 0.285. The van der Waals surface area contributed by atoms with Crippen LogP contribution in [0, 0.1) is 6.92 Å². The zero-order chi connectivity index (χ0) is 15.7. The summed E-state index contributed by atoms with van der Waals surface area (Å²) >= 11 is 3.49. The molecule has 3 aromatic rings. The Morgan fingerprint density at radius 2 is 1.86 bits per heavy atom. The zero-order valence-corrected chi connectivity index (χ0v) is 14.4. The van der Waals surface area contributed by atoms with Gasteiger partial charge in [0, 0.05) is 10.7 Å². The van der Waals surface area contributed by atoms with E-state index in [1.165, 1.54) is 0 Å². The maximum atomic E-state index is 4.74. The first-order valence-corrected chi connectivity index (χ1v) is 8.01. The van der Waals surface area contributed by atoms with Gasteiger partial charge in [0.1, 0.15) is 5.65 Å². The van der Waals surface area contributed by atoms with Gasteiger partial charge in [0.25, 0.3) is 0 Å². The average molecular weight is 357 g/mol. The molecule has 22 heavy (non-hydrogen) atoms. The van der Waals surface area contributed by atoms with Crippen molar-refractivity contribution >= 4 is 33.1 Å². The van der Waals surface area contributed by atoms with Crippen LogP contribution < -0.4 is 0 Å². The first-order valence-electron chi connectivity index (χ1n) is 7.21. The third-order valence-electron chi connectivity index (χ3n) is 3.50. The highest BCUT2D eigenvalue weighted by Crippen LogP contribution is 2.32. The lowest BCUT2D eigenvalue weighted by Crippen LogP contribution is -1.87. The third-order valence-corrected chi connectivity index (χ3v) is 4.17. The number of rotatable bonds is 3. The Hall–Kier alpha value is -2.01. The normalized spacial score (nSPS) is 11.9. The van der Waals surface area contributed by atoms with E-state index in [9.17, 15) is 0 Å². The van der Waals surface area contributed by atoms with Crippen LogP contribution in [-0.4, -0.2) is 9.38 Å². The van der Waals surface area contributed by atoms with Gasteiger partial charge in [0.2, 0.25) is 0 Å². The number of hydrogen-bond donors (Lipinski definition) is 0. The van der Waals surface area contributed by atoms with Crippen molar-refractivity contribution in [2.45, 2.75) is 26.7 Å². The van der Waals surface area contributed by atoms with Crippen LogP contribution in [0.1, 0.15) is 31.0 Å². The molecule has 2 aromatic heterocycles. The molecule has 0 aliphatic heterocycles. The second kappa shape index (κ2) is 6.01. The Morgan fingerprint density at radius 1 is 1.09 bits per heavy atom. The number of fused-ring (bicyclic) bond motifs is 1. The van der Waals surface area contributed by atoms with Crippen molar-refractivity contribution in [2.24, 2.45) is 10.2 Å². The fraction of sp³-hybridized carbons (Fsp3) is 0.235. The average Bonchev–Trinajstić information content (AvgIpc) is 2.87. The third kappa shape index (κ3) is 2.68. The van der Waals surface area contributed by atoms with E-state index in [1.807, 2.05) is 40.9 Å². The molecule has 0 aliphatic carbocycles. The molecule has 0 bridgehead atoms. The van der Waals surface area contributed by atoms with Gasteiger partial charge in [-0.1, -0.05) is 32.0 Å². The van der Waals surface area contributed by atoms with Gasteiger partial charge in [-0.25, -0.2) is 4.98 Å². The van der Waals surface area contributed by atoms with Crippen molar-refractivity contribution < 1.29 is 0 Å². The lowest BCUT2D eigenvalue weighted by atomic mass is 10.1. The molecule has 0 unspecified atom stereocenters. The highest BCUT2D eigenvalue weighted by atomic mass is 79.9. The molecule has 3 rings (SSSR count). The van der Waals surface area contributed by atoms with Crippen LogP contribution in [0.4, 0.5) is 11.5 Å². The van der Waals surface area contributed by atoms with Gasteiger partial charge in [0.05, 0.1) is 11.4 Å². The van der Waals surface area contributed by atoms with Gasteiger partial charge in [-0.05, 0) is 52.5 Å². The maximum Gasteiger partial charge on any atom is 0.183 e. The second-order valence-corrected chi connectivity index (χ2v) is 6.37. The minimum absolute atomic E-state index is 0.285. The van der Waals surface area contributed by atoms with Crippen LogP contribution in [0.15, 0.2) is 57.3 Å². The van der Waals surface area contributed by atoms with E-state index in [2.05, 4.69) is 53.0 Å². The van der Waals surface area contributed by atoms with E-state index in [4.69, 9.17) is 4.98 Å². The molecule has 1 aromatic carbocycles. The highest BCUT2D eigenvalue weighted by molar-refractivity contribution is 9.10. The summed E-state index contributed by atoms with van der Waals surface area (Å²) in [4.78, 5) is 4.74. The van der Waals surface area contributed by atoms with Crippen molar-refractivity contribution in [1.29, 1.82) is 0 Å². The monoisotopic (exact) mass is 356 g/mol. The van der Waals surface area contributed by atoms with E-state index in [-0.39, 0.29) is 5.92 Å². The van der Waals surface area contributed by atoms with Gasteiger partial charge >= 0.3 is 0 Å². The molecular formula is C17H17BrN4. The molecule has 0 N–H and O–H groups in total. The molecule has 112 valence electrons. The van der Waals surface area contributed by atoms with Crippen LogP contribution in [-0.2, 0) is 0 Å². The number of halogens is 1. The van der Waals surface area contributed by atoms with Gasteiger partial charge in [-0.3, -0.25) is 4.40 Å². The first kappa shape index (κ1) is 14.9. The zero-order valence-electron chi connectivity index (χ0n) is 12.8. The topological polar surface area (TPSA) is 42.0 Å². The summed E-state index contributed by atoms with van der Waals surface area (Å²) in [6.45, 7) is 6.30. The number of benzene rings is 1. The lowest BCUT2D eigenvalue weighted by Gasteiger charge is -2.02. The quantitative estimate of drug-likeness (QED) is 0.535. The van der Waals surface area contributed by atoms with Gasteiger partial charge < -0.3 is 0 Å². The molecule has 4 nitrogen and oxygen atoms in total. The number of hydrogen-bond acceptors (Lipinski definition) is 3. The summed E-state index contributed by atoms with van der Waals surface area (Å²) in [5.74, 6) is 1.08. The van der Waals surface area contributed by atoms with Gasteiger partial charge in [0.15, 0.2) is 5.82 Å². The number of azo groups is 1. The molecular weight excluding hydrogens is 340 g/mol. The molecule has 0 saturated carbocycles. The Labute approximate surface area is 138 Å². The molecule has 0 spiro atoms. The predicted molar refractivity (Wildman–Crippen MR) is 92.3 cm³/mol. The molecule has 0 fully saturated rings. The summed E-state index contributed by atoms with van der Waals surface area (Å²) < 4.78 is 2.93. The molecule has 5 heteroatoms. The number of pyridine rings is 1. The van der Waals surface area contributed by atoms with Crippen molar-refractivity contribution in [2.75, 3.05) is 0 Å². The van der Waals surface area contributed by atoms with Gasteiger partial charge in [-0.2, -0.15) is 0 Å². The van der Waals surface area contributed by atoms with E-state index in [1.54, 1.807) is 0 Å². The largest absolute Gasteiger partial charge is 0.283 e. The summed E-state index contributed by atoms with van der Waals surface area (Å²) in [6.07, 6.45) is 1.98. The second-order valence-electron chi connectivity index (χ2n) is 5.51. The van der Waals surface area contributed by atoms with Crippen LogP contribution in [0.5, 0.6) is 0 Å². The summed E-state index contributed by atoms with van der Waals surface area (Å²) in [5, 5.41) is 8.87. The van der Waals surface area contributed by atoms with E-state index in [0.717, 1.165) is 32.9 Å². The Balaban J connectivity index is 2.15. The van der Waals surface area contributed by atoms with Crippen molar-refractivity contribution in [1.82, 2.24) is 9.38 Å². The van der Waals surface area contributed by atoms with Crippen molar-refractivity contribution in [3.05, 3.63) is 58.3 Å². The van der Waals surface area contributed by atoms with Crippen LogP contribution in [0.25, 0.3) is 5.65 Å². The minimum Gasteiger partial charge on any atom is -0.283 e. The van der Waals surface area contributed by atoms with Crippen LogP contribution in [0.2, 0.25) is 0 Å². The predicted octanol–water partition coefficient (Wildman–Crippen LogP) is 5.94. The Bertz CT molecular complexity index is 849. The molecule has 0 radical (unpaired) electrons. The molecule has 0 amide bonds. The number of imidazole rings is 1. The highest BCUT2D eigenvalue weighted by Gasteiger charge is 2.16. The number of aryl methyl sites for hydroxylation is 1. The van der Waals surface area contributed by atoms with Crippen LogP contribution in [0.3, 0.4) is 0 Å². The number of aromatic nitrogens is 2. The fourth-order valence-electron chi connectivity index (χ4n) is 2.33. The summed E-state index contributed by atoms with van der Waals surface area (Å²) in [7, 11) is 0. The molecule has 0 atom stereocenters. The standard InChI is InChI=1S/C17H17BrN4/c1-11(2)15-17(21-20-14-9-5-4-8-13(14)18)22-10-6-7-12(3)16(22)19-15/h4-11H,1-3H3. The number of nitrogens with zero attached hydrogens (tertiary/aromatic N) is 4. The fourth-order valence-corrected chi connectivity index (χ4v) is 2.69. The van der Waals surface area contributed by atoms with Crippen molar-refractivity contribution in [3.8, 4) is 0 Å². The van der Waals surface area contributed by atoms with Crippen molar-refractivity contribution in [3.63, 3.8) is 0 Å². The SMILES string of the molecule is Cc1cccn2c(N=Nc3ccccc3Br)c(C(C)C)nc12. The molecule has 2 heterocycles. The smallest absolute Gasteiger partial charge is 0.183 e. The Kier molecular flexibility index (Phi) is 4.07. The first-order chi connectivity index (χ1) is 10.6.